The fraction of sp³-hybridized carbons (Fsp3) is 0.333. The summed E-state index contributed by atoms with van der Waals surface area (Å²) in [6, 6.07) is 0. The number of hydrogen-bond donors (Lipinski definition) is 0. The second kappa shape index (κ2) is 1.77. The van der Waals surface area contributed by atoms with E-state index in [-0.39, 0.29) is 10.4 Å². The molecule has 1 aliphatic heterocycles. The molecule has 0 saturated heterocycles. The van der Waals surface area contributed by atoms with Crippen LogP contribution in [0.3, 0.4) is 0 Å². The molecular weight excluding hydrogens is 116 g/mol. The highest BCUT2D eigenvalue weighted by Gasteiger charge is 2.25. The van der Waals surface area contributed by atoms with Gasteiger partial charge < -0.3 is 0 Å². The van der Waals surface area contributed by atoms with Gasteiger partial charge in [-0.3, -0.25) is 0 Å². The largest absolute Gasteiger partial charge is 0.320 e. The Labute approximate surface area is 53.9 Å². The number of carbonyl (C=O) groups excluding carboxylic acids is 1. The molecule has 1 amide bonds. The van der Waals surface area contributed by atoms with E-state index < -0.39 is 0 Å². The van der Waals surface area contributed by atoms with Crippen LogP contribution in [0.15, 0.2) is 17.4 Å². The zero-order valence-electron chi connectivity index (χ0n) is 5.53. The van der Waals surface area contributed by atoms with Crippen LogP contribution in [0.5, 0.6) is 0 Å². The SMILES string of the molecule is CC(=O)[N+]1(C)C=CN=C1. The third-order valence-corrected chi connectivity index (χ3v) is 1.45. The van der Waals surface area contributed by atoms with Gasteiger partial charge in [-0.1, -0.05) is 0 Å². The zero-order valence-corrected chi connectivity index (χ0v) is 5.53. The van der Waals surface area contributed by atoms with Crippen molar-refractivity contribution >= 4 is 12.2 Å². The van der Waals surface area contributed by atoms with E-state index in [1.807, 2.05) is 0 Å². The smallest absolute Gasteiger partial charge is 0.230 e. The molecule has 0 saturated carbocycles. The highest BCUT2D eigenvalue weighted by molar-refractivity contribution is 5.76. The molecule has 1 unspecified atom stereocenters. The summed E-state index contributed by atoms with van der Waals surface area (Å²) in [6.07, 6.45) is 4.96. The van der Waals surface area contributed by atoms with Gasteiger partial charge in [-0.2, -0.15) is 4.48 Å². The Morgan fingerprint density at radius 2 is 2.33 bits per heavy atom. The summed E-state index contributed by atoms with van der Waals surface area (Å²) < 4.78 is 0.194. The third kappa shape index (κ3) is 0.907. The van der Waals surface area contributed by atoms with Crippen molar-refractivity contribution in [2.75, 3.05) is 7.05 Å². The third-order valence-electron chi connectivity index (χ3n) is 1.45. The minimum atomic E-state index is 0.0764. The lowest BCUT2D eigenvalue weighted by Crippen LogP contribution is -2.39. The van der Waals surface area contributed by atoms with Gasteiger partial charge in [-0.05, 0) is 0 Å². The summed E-state index contributed by atoms with van der Waals surface area (Å²) in [5, 5.41) is 0. The first-order valence-corrected chi connectivity index (χ1v) is 2.74. The van der Waals surface area contributed by atoms with E-state index in [4.69, 9.17) is 0 Å². The Kier molecular flexibility index (Phi) is 1.21. The van der Waals surface area contributed by atoms with Crippen LogP contribution >= 0.6 is 0 Å². The van der Waals surface area contributed by atoms with Gasteiger partial charge in [-0.25, -0.2) is 9.79 Å². The Morgan fingerprint density at radius 1 is 1.67 bits per heavy atom. The molecule has 0 N–H and O–H groups in total. The Hall–Kier alpha value is -0.960. The van der Waals surface area contributed by atoms with Gasteiger partial charge in [0.05, 0.1) is 20.2 Å². The van der Waals surface area contributed by atoms with Crippen molar-refractivity contribution in [2.24, 2.45) is 4.99 Å². The number of nitrogens with zero attached hydrogens (tertiary/aromatic N) is 2. The zero-order chi connectivity index (χ0) is 6.91. The standard InChI is InChI=1S/C6H9N2O/c1-6(9)8(2)4-3-7-5-8/h3-5H,1-2H3/q+1. The van der Waals surface area contributed by atoms with Crippen LogP contribution in [-0.4, -0.2) is 23.8 Å². The van der Waals surface area contributed by atoms with E-state index >= 15 is 0 Å². The second-order valence-corrected chi connectivity index (χ2v) is 2.23. The van der Waals surface area contributed by atoms with Crippen molar-refractivity contribution in [3.63, 3.8) is 0 Å². The minimum absolute atomic E-state index is 0.0764. The molecule has 0 aromatic rings. The van der Waals surface area contributed by atoms with E-state index in [1.54, 1.807) is 32.7 Å². The van der Waals surface area contributed by atoms with Crippen molar-refractivity contribution in [1.29, 1.82) is 0 Å². The number of aliphatic imine (C=N–C) groups is 1. The average molecular weight is 125 g/mol. The lowest BCUT2D eigenvalue weighted by Gasteiger charge is -2.14. The van der Waals surface area contributed by atoms with Crippen LogP contribution in [0, 0.1) is 0 Å². The van der Waals surface area contributed by atoms with Crippen molar-refractivity contribution in [2.45, 2.75) is 6.92 Å². The Bertz CT molecular complexity index is 181. The van der Waals surface area contributed by atoms with Gasteiger partial charge in [0.15, 0.2) is 0 Å². The summed E-state index contributed by atoms with van der Waals surface area (Å²) in [4.78, 5) is 14.6. The molecule has 0 radical (unpaired) electrons. The lowest BCUT2D eigenvalue weighted by atomic mass is 10.5. The number of carbonyl (C=O) groups is 1. The first-order chi connectivity index (χ1) is 4.15. The Morgan fingerprint density at radius 3 is 2.56 bits per heavy atom. The van der Waals surface area contributed by atoms with Crippen molar-refractivity contribution in [1.82, 2.24) is 0 Å². The maximum atomic E-state index is 10.8. The molecule has 3 nitrogen and oxygen atoms in total. The maximum absolute atomic E-state index is 10.8. The molecule has 9 heavy (non-hydrogen) atoms. The lowest BCUT2D eigenvalue weighted by molar-refractivity contribution is -0.672. The molecule has 0 fully saturated rings. The molecule has 48 valence electrons. The topological polar surface area (TPSA) is 29.4 Å². The number of amides is 1. The molecule has 0 aromatic carbocycles. The first-order valence-electron chi connectivity index (χ1n) is 2.74. The van der Waals surface area contributed by atoms with Crippen LogP contribution in [0.1, 0.15) is 6.92 Å². The molecule has 1 aliphatic rings. The van der Waals surface area contributed by atoms with E-state index in [0.29, 0.717) is 0 Å². The molecule has 1 heterocycles. The van der Waals surface area contributed by atoms with Gasteiger partial charge in [0.25, 0.3) is 0 Å². The Balaban J connectivity index is 2.88. The van der Waals surface area contributed by atoms with Gasteiger partial charge >= 0.3 is 5.91 Å². The van der Waals surface area contributed by atoms with E-state index in [2.05, 4.69) is 4.99 Å². The second-order valence-electron chi connectivity index (χ2n) is 2.23. The molecule has 0 spiro atoms. The number of quaternary nitrogens is 1. The van der Waals surface area contributed by atoms with Crippen LogP contribution in [0.4, 0.5) is 0 Å². The minimum Gasteiger partial charge on any atom is -0.230 e. The van der Waals surface area contributed by atoms with Crippen molar-refractivity contribution in [3.8, 4) is 0 Å². The normalized spacial score (nSPS) is 31.3. The highest BCUT2D eigenvalue weighted by atomic mass is 16.2. The monoisotopic (exact) mass is 125 g/mol. The van der Waals surface area contributed by atoms with E-state index in [1.165, 1.54) is 0 Å². The van der Waals surface area contributed by atoms with Crippen molar-refractivity contribution < 1.29 is 9.28 Å². The summed E-state index contributed by atoms with van der Waals surface area (Å²) in [6.45, 7) is 1.54. The molecule has 0 aliphatic carbocycles. The molecule has 0 bridgehead atoms. The molecular formula is C6H9N2O+. The van der Waals surface area contributed by atoms with Gasteiger partial charge in [-0.15, -0.1) is 0 Å². The first kappa shape index (κ1) is 6.16. The maximum Gasteiger partial charge on any atom is 0.320 e. The predicted molar refractivity (Wildman–Crippen MR) is 34.5 cm³/mol. The van der Waals surface area contributed by atoms with E-state index in [9.17, 15) is 4.79 Å². The van der Waals surface area contributed by atoms with Gasteiger partial charge in [0, 0.05) is 0 Å². The quantitative estimate of drug-likeness (QED) is 0.433. The highest BCUT2D eigenvalue weighted by Crippen LogP contribution is 2.06. The van der Waals surface area contributed by atoms with Crippen LogP contribution in [0.25, 0.3) is 0 Å². The predicted octanol–water partition coefficient (Wildman–Crippen LogP) is 0.493. The number of rotatable bonds is 0. The van der Waals surface area contributed by atoms with Crippen LogP contribution in [-0.2, 0) is 4.79 Å². The summed E-state index contributed by atoms with van der Waals surface area (Å²) in [5.41, 5.74) is 0. The van der Waals surface area contributed by atoms with E-state index in [0.717, 1.165) is 0 Å². The van der Waals surface area contributed by atoms with Crippen LogP contribution < -0.4 is 0 Å². The summed E-state index contributed by atoms with van der Waals surface area (Å²) in [7, 11) is 1.79. The van der Waals surface area contributed by atoms with Gasteiger partial charge in [0.2, 0.25) is 6.34 Å². The average Bonchev–Trinajstić information content (AvgIpc) is 2.16. The molecule has 1 atom stereocenters. The van der Waals surface area contributed by atoms with Crippen LogP contribution in [0.2, 0.25) is 0 Å². The fourth-order valence-corrected chi connectivity index (χ4v) is 0.579. The number of hydrogen-bond acceptors (Lipinski definition) is 2. The molecule has 0 aromatic heterocycles. The van der Waals surface area contributed by atoms with Gasteiger partial charge in [0.1, 0.15) is 6.20 Å². The fourth-order valence-electron chi connectivity index (χ4n) is 0.579. The van der Waals surface area contributed by atoms with Crippen molar-refractivity contribution in [3.05, 3.63) is 12.4 Å². The summed E-state index contributed by atoms with van der Waals surface area (Å²) in [5.74, 6) is 0.0764. The summed E-state index contributed by atoms with van der Waals surface area (Å²) >= 11 is 0. The molecule has 3 heteroatoms. The molecule has 1 rings (SSSR count).